The summed E-state index contributed by atoms with van der Waals surface area (Å²) in [6, 6.07) is 5.96. The van der Waals surface area contributed by atoms with Crippen LogP contribution in [-0.4, -0.2) is 48.6 Å². The van der Waals surface area contributed by atoms with Crippen LogP contribution in [0.1, 0.15) is 26.3 Å². The third-order valence-electron chi connectivity index (χ3n) is 3.24. The van der Waals surface area contributed by atoms with Crippen molar-refractivity contribution in [2.45, 2.75) is 38.1 Å². The van der Waals surface area contributed by atoms with E-state index in [9.17, 15) is 18.0 Å². The number of sulfone groups is 1. The van der Waals surface area contributed by atoms with Crippen LogP contribution in [0.25, 0.3) is 0 Å². The fourth-order valence-electron chi connectivity index (χ4n) is 2.00. The van der Waals surface area contributed by atoms with Crippen LogP contribution in [0.15, 0.2) is 29.2 Å². The molecular weight excluding hydrogens is 306 g/mol. The predicted octanol–water partition coefficient (Wildman–Crippen LogP) is 1.34. The molecule has 0 unspecified atom stereocenters. The number of rotatable bonds is 7. The molecule has 1 amide bonds. The Kier molecular flexibility index (Phi) is 6.11. The van der Waals surface area contributed by atoms with Crippen molar-refractivity contribution in [3.05, 3.63) is 29.8 Å². The fraction of sp³-hybridized carbons (Fsp3) is 0.467. The molecule has 0 aromatic heterocycles. The molecule has 0 atom stereocenters. The van der Waals surface area contributed by atoms with Crippen molar-refractivity contribution in [3.8, 4) is 0 Å². The van der Waals surface area contributed by atoms with Gasteiger partial charge in [0.25, 0.3) is 0 Å². The van der Waals surface area contributed by atoms with E-state index in [2.05, 4.69) is 0 Å². The van der Waals surface area contributed by atoms with Gasteiger partial charge in [0.2, 0.25) is 5.91 Å². The van der Waals surface area contributed by atoms with Gasteiger partial charge in [-0.05, 0) is 31.5 Å². The lowest BCUT2D eigenvalue weighted by Gasteiger charge is -2.25. The van der Waals surface area contributed by atoms with Crippen LogP contribution in [0, 0.1) is 0 Å². The van der Waals surface area contributed by atoms with Gasteiger partial charge in [0.1, 0.15) is 6.54 Å². The summed E-state index contributed by atoms with van der Waals surface area (Å²) in [7, 11) is -3.33. The quantitative estimate of drug-likeness (QED) is 0.816. The van der Waals surface area contributed by atoms with Crippen LogP contribution in [0.5, 0.6) is 0 Å². The Labute approximate surface area is 130 Å². The molecule has 22 heavy (non-hydrogen) atoms. The van der Waals surface area contributed by atoms with Crippen LogP contribution in [0.2, 0.25) is 0 Å². The zero-order valence-corrected chi connectivity index (χ0v) is 13.8. The summed E-state index contributed by atoms with van der Waals surface area (Å²) in [4.78, 5) is 24.5. The zero-order valence-electron chi connectivity index (χ0n) is 12.9. The smallest absolute Gasteiger partial charge is 0.323 e. The summed E-state index contributed by atoms with van der Waals surface area (Å²) in [6.45, 7) is 4.65. The van der Waals surface area contributed by atoms with Gasteiger partial charge in [-0.3, -0.25) is 9.59 Å². The summed E-state index contributed by atoms with van der Waals surface area (Å²) in [5.74, 6) is -1.44. The van der Waals surface area contributed by atoms with Gasteiger partial charge in [-0.15, -0.1) is 0 Å². The number of carbonyl (C=O) groups is 2. The van der Waals surface area contributed by atoms with Crippen molar-refractivity contribution < 1.29 is 23.1 Å². The second-order valence-corrected chi connectivity index (χ2v) is 7.51. The first-order chi connectivity index (χ1) is 10.2. The molecule has 1 N–H and O–H groups in total. The first-order valence-electron chi connectivity index (χ1n) is 7.00. The molecule has 0 saturated carbocycles. The molecule has 0 saturated heterocycles. The van der Waals surface area contributed by atoms with Crippen molar-refractivity contribution in [1.82, 2.24) is 4.90 Å². The van der Waals surface area contributed by atoms with E-state index in [4.69, 9.17) is 5.11 Å². The minimum Gasteiger partial charge on any atom is -0.480 e. The van der Waals surface area contributed by atoms with Gasteiger partial charge < -0.3 is 10.0 Å². The minimum absolute atomic E-state index is 0.0124. The highest BCUT2D eigenvalue weighted by Gasteiger charge is 2.20. The van der Waals surface area contributed by atoms with Gasteiger partial charge in [-0.1, -0.05) is 19.1 Å². The van der Waals surface area contributed by atoms with Gasteiger partial charge in [0.05, 0.1) is 17.1 Å². The van der Waals surface area contributed by atoms with E-state index >= 15 is 0 Å². The van der Waals surface area contributed by atoms with Crippen LogP contribution in [0.4, 0.5) is 0 Å². The molecule has 6 nitrogen and oxygen atoms in total. The SMILES string of the molecule is CCS(=O)(=O)c1cccc(CC(=O)N(CC(=O)O)C(C)C)c1. The maximum Gasteiger partial charge on any atom is 0.323 e. The molecular formula is C15H21NO5S. The average molecular weight is 327 g/mol. The lowest BCUT2D eigenvalue weighted by molar-refractivity contribution is -0.145. The van der Waals surface area contributed by atoms with Gasteiger partial charge in [-0.25, -0.2) is 8.42 Å². The van der Waals surface area contributed by atoms with Crippen molar-refractivity contribution in [2.24, 2.45) is 0 Å². The lowest BCUT2D eigenvalue weighted by Crippen LogP contribution is -2.41. The molecule has 7 heteroatoms. The predicted molar refractivity (Wildman–Crippen MR) is 82.4 cm³/mol. The first-order valence-corrected chi connectivity index (χ1v) is 8.65. The largest absolute Gasteiger partial charge is 0.480 e. The lowest BCUT2D eigenvalue weighted by atomic mass is 10.1. The highest BCUT2D eigenvalue weighted by Crippen LogP contribution is 2.15. The maximum atomic E-state index is 12.2. The Balaban J connectivity index is 2.97. The summed E-state index contributed by atoms with van der Waals surface area (Å²) in [5.41, 5.74) is 0.551. The number of hydrogen-bond acceptors (Lipinski definition) is 4. The molecule has 0 aliphatic rings. The fourth-order valence-corrected chi connectivity index (χ4v) is 2.95. The number of hydrogen-bond donors (Lipinski definition) is 1. The molecule has 0 spiro atoms. The van der Waals surface area contributed by atoms with E-state index in [0.29, 0.717) is 5.56 Å². The molecule has 0 radical (unpaired) electrons. The van der Waals surface area contributed by atoms with E-state index < -0.39 is 15.8 Å². The van der Waals surface area contributed by atoms with Gasteiger partial charge in [0.15, 0.2) is 9.84 Å². The average Bonchev–Trinajstić information content (AvgIpc) is 2.44. The topological polar surface area (TPSA) is 91.8 Å². The van der Waals surface area contributed by atoms with Gasteiger partial charge >= 0.3 is 5.97 Å². The minimum atomic E-state index is -3.33. The molecule has 0 bridgehead atoms. The number of nitrogens with zero attached hydrogens (tertiary/aromatic N) is 1. The van der Waals surface area contributed by atoms with E-state index in [1.807, 2.05) is 0 Å². The molecule has 122 valence electrons. The van der Waals surface area contributed by atoms with Crippen molar-refractivity contribution in [2.75, 3.05) is 12.3 Å². The third-order valence-corrected chi connectivity index (χ3v) is 4.97. The Hall–Kier alpha value is -1.89. The van der Waals surface area contributed by atoms with Crippen LogP contribution >= 0.6 is 0 Å². The Morgan fingerprint density at radius 1 is 1.27 bits per heavy atom. The maximum absolute atomic E-state index is 12.2. The Morgan fingerprint density at radius 2 is 1.91 bits per heavy atom. The standard InChI is InChI=1S/C15H21NO5S/c1-4-22(20,21)13-7-5-6-12(8-13)9-14(17)16(11(2)3)10-15(18)19/h5-8,11H,4,9-10H2,1-3H3,(H,18,19). The molecule has 0 aliphatic carbocycles. The number of carbonyl (C=O) groups excluding carboxylic acids is 1. The zero-order chi connectivity index (χ0) is 16.9. The van der Waals surface area contributed by atoms with E-state index in [1.54, 1.807) is 32.9 Å². The highest BCUT2D eigenvalue weighted by molar-refractivity contribution is 7.91. The number of carboxylic acids is 1. The highest BCUT2D eigenvalue weighted by atomic mass is 32.2. The van der Waals surface area contributed by atoms with Crippen LogP contribution < -0.4 is 0 Å². The Morgan fingerprint density at radius 3 is 2.41 bits per heavy atom. The number of carboxylic acid groups (broad SMARTS) is 1. The molecule has 0 fully saturated rings. The van der Waals surface area contributed by atoms with Crippen molar-refractivity contribution in [1.29, 1.82) is 0 Å². The summed E-state index contributed by atoms with van der Waals surface area (Å²) >= 11 is 0. The summed E-state index contributed by atoms with van der Waals surface area (Å²) in [5, 5.41) is 8.86. The molecule has 1 aromatic rings. The van der Waals surface area contributed by atoms with Gasteiger partial charge in [0, 0.05) is 6.04 Å². The molecule has 1 aromatic carbocycles. The van der Waals surface area contributed by atoms with Crippen LogP contribution in [0.3, 0.4) is 0 Å². The monoisotopic (exact) mass is 327 g/mol. The normalized spacial score (nSPS) is 11.5. The first kappa shape index (κ1) is 18.2. The number of aliphatic carboxylic acids is 1. The summed E-state index contributed by atoms with van der Waals surface area (Å²) in [6.07, 6.45) is -0.0292. The third kappa shape index (κ3) is 4.84. The molecule has 0 heterocycles. The van der Waals surface area contributed by atoms with Crippen LogP contribution in [-0.2, 0) is 25.8 Å². The van der Waals surface area contributed by atoms with E-state index in [-0.39, 0.29) is 35.6 Å². The summed E-state index contributed by atoms with van der Waals surface area (Å²) < 4.78 is 23.7. The van der Waals surface area contributed by atoms with Crippen molar-refractivity contribution >= 4 is 21.7 Å². The van der Waals surface area contributed by atoms with Gasteiger partial charge in [-0.2, -0.15) is 0 Å². The van der Waals surface area contributed by atoms with E-state index in [1.165, 1.54) is 17.0 Å². The van der Waals surface area contributed by atoms with E-state index in [0.717, 1.165) is 0 Å². The molecule has 0 aliphatic heterocycles. The van der Waals surface area contributed by atoms with Crippen molar-refractivity contribution in [3.63, 3.8) is 0 Å². The molecule has 1 rings (SSSR count). The second-order valence-electron chi connectivity index (χ2n) is 5.24. The second kappa shape index (κ2) is 7.40. The Bertz CT molecular complexity index is 652. The number of amides is 1. The number of benzene rings is 1.